The first-order valence-corrected chi connectivity index (χ1v) is 14.7. The molecule has 0 radical (unpaired) electrons. The van der Waals surface area contributed by atoms with E-state index in [1.54, 1.807) is 23.7 Å². The number of rotatable bonds is 9. The fourth-order valence-corrected chi connectivity index (χ4v) is 6.01. The number of nitrogens with zero attached hydrogens (tertiary/aromatic N) is 5. The standard InChI is InChI=1S/C24H18ClN7O3S3/c25-16-4-8-18(9-5-16)32-22(20-3-1-2-12-26-20)29-30-24(32)37-15-21(33)28-17-6-10-19(11-7-17)38(34,35)31-23-27-13-14-36-23/h1-14H,15H2,(H,27,31)(H,28,33). The van der Waals surface area contributed by atoms with Gasteiger partial charge in [-0.3, -0.25) is 19.1 Å². The maximum Gasteiger partial charge on any atom is 0.263 e. The van der Waals surface area contributed by atoms with Gasteiger partial charge in [-0.25, -0.2) is 13.4 Å². The molecule has 3 heterocycles. The Morgan fingerprint density at radius 1 is 0.974 bits per heavy atom. The first kappa shape index (κ1) is 25.9. The maximum absolute atomic E-state index is 12.7. The Balaban J connectivity index is 1.28. The second kappa shape index (κ2) is 11.3. The number of thiazole rings is 1. The smallest absolute Gasteiger partial charge is 0.263 e. The van der Waals surface area contributed by atoms with Crippen LogP contribution in [0, 0.1) is 0 Å². The van der Waals surface area contributed by atoms with Crippen molar-refractivity contribution in [1.29, 1.82) is 0 Å². The number of benzene rings is 2. The number of pyridine rings is 1. The minimum atomic E-state index is -3.78. The lowest BCUT2D eigenvalue weighted by molar-refractivity contribution is -0.113. The van der Waals surface area contributed by atoms with E-state index in [1.807, 2.05) is 34.9 Å². The molecule has 192 valence electrons. The fourth-order valence-electron chi connectivity index (χ4n) is 3.34. The summed E-state index contributed by atoms with van der Waals surface area (Å²) in [5.41, 5.74) is 1.86. The predicted octanol–water partition coefficient (Wildman–Crippen LogP) is 4.97. The number of aromatic nitrogens is 5. The van der Waals surface area contributed by atoms with Crippen LogP contribution in [0.1, 0.15) is 0 Å². The normalized spacial score (nSPS) is 11.3. The van der Waals surface area contributed by atoms with Crippen LogP contribution in [0.25, 0.3) is 17.2 Å². The molecule has 0 atom stereocenters. The highest BCUT2D eigenvalue weighted by Crippen LogP contribution is 2.28. The summed E-state index contributed by atoms with van der Waals surface area (Å²) < 4.78 is 29.2. The SMILES string of the molecule is O=C(CSc1nnc(-c2ccccn2)n1-c1ccc(Cl)cc1)Nc1ccc(S(=O)(=O)Nc2nccs2)cc1. The first-order valence-electron chi connectivity index (χ1n) is 11.0. The summed E-state index contributed by atoms with van der Waals surface area (Å²) in [4.78, 5) is 21.0. The molecule has 0 bridgehead atoms. The van der Waals surface area contributed by atoms with Gasteiger partial charge in [0.1, 0.15) is 5.69 Å². The van der Waals surface area contributed by atoms with E-state index in [1.165, 1.54) is 53.6 Å². The minimum Gasteiger partial charge on any atom is -0.325 e. The molecule has 0 saturated carbocycles. The molecule has 0 unspecified atom stereocenters. The van der Waals surface area contributed by atoms with Gasteiger partial charge in [0, 0.05) is 34.2 Å². The third-order valence-corrected chi connectivity index (χ3v) is 8.40. The largest absolute Gasteiger partial charge is 0.325 e. The van der Waals surface area contributed by atoms with E-state index < -0.39 is 10.0 Å². The molecule has 0 fully saturated rings. The van der Waals surface area contributed by atoms with Crippen LogP contribution in [0.5, 0.6) is 0 Å². The molecule has 0 spiro atoms. The fraction of sp³-hybridized carbons (Fsp3) is 0.0417. The zero-order valence-electron chi connectivity index (χ0n) is 19.4. The van der Waals surface area contributed by atoms with Gasteiger partial charge in [-0.2, -0.15) is 0 Å². The molecule has 38 heavy (non-hydrogen) atoms. The van der Waals surface area contributed by atoms with Crippen LogP contribution in [0.3, 0.4) is 0 Å². The summed E-state index contributed by atoms with van der Waals surface area (Å²) in [7, 11) is -3.78. The molecular formula is C24H18ClN7O3S3. The summed E-state index contributed by atoms with van der Waals surface area (Å²) in [5.74, 6) is 0.273. The van der Waals surface area contributed by atoms with Gasteiger partial charge in [-0.15, -0.1) is 21.5 Å². The molecular weight excluding hydrogens is 566 g/mol. The molecule has 1 amide bonds. The van der Waals surface area contributed by atoms with E-state index in [0.717, 1.165) is 5.69 Å². The maximum atomic E-state index is 12.7. The molecule has 2 N–H and O–H groups in total. The van der Waals surface area contributed by atoms with E-state index in [4.69, 9.17) is 11.6 Å². The summed E-state index contributed by atoms with van der Waals surface area (Å²) in [6.45, 7) is 0. The molecule has 10 nitrogen and oxygen atoms in total. The summed E-state index contributed by atoms with van der Waals surface area (Å²) in [6, 6.07) is 18.6. The molecule has 5 aromatic rings. The highest BCUT2D eigenvalue weighted by molar-refractivity contribution is 7.99. The topological polar surface area (TPSA) is 132 Å². The molecule has 0 aliphatic carbocycles. The second-order valence-corrected chi connectivity index (χ2v) is 11.6. The van der Waals surface area contributed by atoms with Crippen molar-refractivity contribution in [3.05, 3.63) is 89.5 Å². The average molecular weight is 584 g/mol. The predicted molar refractivity (Wildman–Crippen MR) is 148 cm³/mol. The third-order valence-electron chi connectivity index (χ3n) is 5.05. The molecule has 14 heteroatoms. The number of nitrogens with one attached hydrogen (secondary N) is 2. The van der Waals surface area contributed by atoms with Gasteiger partial charge >= 0.3 is 0 Å². The van der Waals surface area contributed by atoms with Crippen molar-refractivity contribution in [1.82, 2.24) is 24.7 Å². The van der Waals surface area contributed by atoms with E-state index in [-0.39, 0.29) is 21.7 Å². The molecule has 5 rings (SSSR count). The Labute approximate surface area is 231 Å². The second-order valence-electron chi connectivity index (χ2n) is 7.64. The van der Waals surface area contributed by atoms with Crippen molar-refractivity contribution in [2.45, 2.75) is 10.1 Å². The third kappa shape index (κ3) is 6.02. The van der Waals surface area contributed by atoms with E-state index >= 15 is 0 Å². The summed E-state index contributed by atoms with van der Waals surface area (Å²) in [6.07, 6.45) is 3.18. The number of sulfonamides is 1. The van der Waals surface area contributed by atoms with Crippen molar-refractivity contribution >= 4 is 61.4 Å². The van der Waals surface area contributed by atoms with Gasteiger partial charge < -0.3 is 5.32 Å². The van der Waals surface area contributed by atoms with Crippen molar-refractivity contribution in [3.8, 4) is 17.2 Å². The van der Waals surface area contributed by atoms with Crippen LogP contribution in [0.4, 0.5) is 10.8 Å². The Kier molecular flexibility index (Phi) is 7.69. The molecule has 0 aliphatic heterocycles. The lowest BCUT2D eigenvalue weighted by atomic mass is 10.3. The van der Waals surface area contributed by atoms with Gasteiger partial charge in [0.25, 0.3) is 10.0 Å². The van der Waals surface area contributed by atoms with Crippen LogP contribution in [0.2, 0.25) is 5.02 Å². The van der Waals surface area contributed by atoms with Gasteiger partial charge in [0.05, 0.1) is 10.6 Å². The van der Waals surface area contributed by atoms with E-state index in [9.17, 15) is 13.2 Å². The number of carbonyl (C=O) groups excluding carboxylic acids is 1. The van der Waals surface area contributed by atoms with Crippen LogP contribution >= 0.6 is 34.7 Å². The number of carbonyl (C=O) groups is 1. The minimum absolute atomic E-state index is 0.0413. The number of hydrogen-bond donors (Lipinski definition) is 2. The Hall–Kier alpha value is -3.78. The van der Waals surface area contributed by atoms with Gasteiger partial charge in [-0.05, 0) is 60.7 Å². The molecule has 2 aromatic carbocycles. The van der Waals surface area contributed by atoms with Crippen molar-refractivity contribution in [2.75, 3.05) is 15.8 Å². The highest BCUT2D eigenvalue weighted by atomic mass is 35.5. The quantitative estimate of drug-likeness (QED) is 0.232. The van der Waals surface area contributed by atoms with E-state index in [0.29, 0.717) is 27.4 Å². The lowest BCUT2D eigenvalue weighted by Gasteiger charge is -2.10. The van der Waals surface area contributed by atoms with Crippen molar-refractivity contribution < 1.29 is 13.2 Å². The molecule has 3 aromatic heterocycles. The Morgan fingerprint density at radius 3 is 2.45 bits per heavy atom. The first-order chi connectivity index (χ1) is 18.4. The monoisotopic (exact) mass is 583 g/mol. The summed E-state index contributed by atoms with van der Waals surface area (Å²) >= 11 is 8.45. The van der Waals surface area contributed by atoms with Crippen molar-refractivity contribution in [3.63, 3.8) is 0 Å². The van der Waals surface area contributed by atoms with Crippen molar-refractivity contribution in [2.24, 2.45) is 0 Å². The van der Waals surface area contributed by atoms with Crippen LogP contribution < -0.4 is 10.0 Å². The number of thioether (sulfide) groups is 1. The number of anilines is 2. The number of hydrogen-bond acceptors (Lipinski definition) is 9. The summed E-state index contributed by atoms with van der Waals surface area (Å²) in [5, 5.41) is 14.4. The van der Waals surface area contributed by atoms with Crippen LogP contribution in [-0.4, -0.2) is 44.8 Å². The van der Waals surface area contributed by atoms with Crippen LogP contribution in [-0.2, 0) is 14.8 Å². The van der Waals surface area contributed by atoms with Gasteiger partial charge in [0.15, 0.2) is 16.1 Å². The van der Waals surface area contributed by atoms with Gasteiger partial charge in [0.2, 0.25) is 5.91 Å². The highest BCUT2D eigenvalue weighted by Gasteiger charge is 2.19. The average Bonchev–Trinajstić information content (AvgIpc) is 3.58. The van der Waals surface area contributed by atoms with E-state index in [2.05, 4.69) is 30.2 Å². The zero-order chi connectivity index (χ0) is 26.5. The Bertz CT molecular complexity index is 1640. The Morgan fingerprint density at radius 2 is 1.76 bits per heavy atom. The molecule has 0 saturated heterocycles. The lowest BCUT2D eigenvalue weighted by Crippen LogP contribution is -2.15. The zero-order valence-corrected chi connectivity index (χ0v) is 22.6. The van der Waals surface area contributed by atoms with Gasteiger partial charge in [-0.1, -0.05) is 29.4 Å². The number of halogens is 1. The number of amides is 1. The molecule has 0 aliphatic rings. The van der Waals surface area contributed by atoms with Crippen LogP contribution in [0.15, 0.2) is 94.6 Å².